The van der Waals surface area contributed by atoms with Gasteiger partial charge in [0.25, 0.3) is 5.91 Å². The van der Waals surface area contributed by atoms with Crippen LogP contribution in [0.15, 0.2) is 36.5 Å². The van der Waals surface area contributed by atoms with E-state index in [1.54, 1.807) is 6.20 Å². The zero-order valence-electron chi connectivity index (χ0n) is 17.3. The normalized spacial score (nSPS) is 17.5. The van der Waals surface area contributed by atoms with Crippen LogP contribution in [0, 0.1) is 17.6 Å². The minimum atomic E-state index is -0.870. The van der Waals surface area contributed by atoms with Crippen LogP contribution in [-0.4, -0.2) is 47.9 Å². The van der Waals surface area contributed by atoms with Crippen molar-refractivity contribution >= 4 is 23.3 Å². The number of aromatic nitrogens is 1. The smallest absolute Gasteiger partial charge is 0.256 e. The number of likely N-dealkylation sites (tertiary alicyclic amines) is 1. The number of benzene rings is 1. The Hall–Kier alpha value is -3.03. The van der Waals surface area contributed by atoms with Gasteiger partial charge in [0, 0.05) is 38.2 Å². The lowest BCUT2D eigenvalue weighted by atomic mass is 9.95. The van der Waals surface area contributed by atoms with Gasteiger partial charge in [0.2, 0.25) is 5.91 Å². The topological polar surface area (TPSA) is 65.5 Å². The van der Waals surface area contributed by atoms with E-state index < -0.39 is 17.5 Å². The van der Waals surface area contributed by atoms with Gasteiger partial charge in [-0.1, -0.05) is 0 Å². The van der Waals surface area contributed by atoms with E-state index in [2.05, 4.69) is 15.2 Å². The lowest BCUT2D eigenvalue weighted by Crippen LogP contribution is -2.41. The summed E-state index contributed by atoms with van der Waals surface area (Å²) in [5, 5.41) is 2.91. The van der Waals surface area contributed by atoms with Crippen LogP contribution < -0.4 is 10.2 Å². The molecule has 0 bridgehead atoms. The number of pyridine rings is 1. The first-order valence-corrected chi connectivity index (χ1v) is 10.8. The number of halogens is 2. The van der Waals surface area contributed by atoms with Crippen molar-refractivity contribution in [1.29, 1.82) is 0 Å². The molecule has 164 valence electrons. The van der Waals surface area contributed by atoms with E-state index in [0.717, 1.165) is 31.0 Å². The predicted molar refractivity (Wildman–Crippen MR) is 114 cm³/mol. The molecule has 2 aliphatic rings. The lowest BCUT2D eigenvalue weighted by Gasteiger charge is -2.31. The second-order valence-electron chi connectivity index (χ2n) is 8.13. The maximum atomic E-state index is 13.9. The predicted octanol–water partition coefficient (Wildman–Crippen LogP) is 3.84. The summed E-state index contributed by atoms with van der Waals surface area (Å²) in [5.74, 6) is -1.48. The Morgan fingerprint density at radius 2 is 1.71 bits per heavy atom. The summed E-state index contributed by atoms with van der Waals surface area (Å²) in [6.07, 6.45) is 6.26. The number of carbonyl (C=O) groups is 2. The SMILES string of the molecule is O=C(Nc1ccc(N2CCCCC2)nc1)C1CCN(C(=O)c2ccc(F)cc2F)CC1. The van der Waals surface area contributed by atoms with Crippen molar-refractivity contribution in [3.8, 4) is 0 Å². The first-order valence-electron chi connectivity index (χ1n) is 10.8. The minimum Gasteiger partial charge on any atom is -0.357 e. The van der Waals surface area contributed by atoms with Gasteiger partial charge in [0.1, 0.15) is 17.5 Å². The number of nitrogens with zero attached hydrogens (tertiary/aromatic N) is 3. The van der Waals surface area contributed by atoms with E-state index in [9.17, 15) is 18.4 Å². The molecule has 2 aliphatic heterocycles. The summed E-state index contributed by atoms with van der Waals surface area (Å²) in [7, 11) is 0. The summed E-state index contributed by atoms with van der Waals surface area (Å²) in [5.41, 5.74) is 0.502. The van der Waals surface area contributed by atoms with Crippen LogP contribution in [0.4, 0.5) is 20.3 Å². The molecule has 6 nitrogen and oxygen atoms in total. The maximum Gasteiger partial charge on any atom is 0.256 e. The second-order valence-corrected chi connectivity index (χ2v) is 8.13. The first-order chi connectivity index (χ1) is 15.0. The molecule has 0 unspecified atom stereocenters. The Morgan fingerprint density at radius 3 is 2.35 bits per heavy atom. The third-order valence-electron chi connectivity index (χ3n) is 6.01. The summed E-state index contributed by atoms with van der Waals surface area (Å²) < 4.78 is 27.0. The van der Waals surface area contributed by atoms with Crippen molar-refractivity contribution in [2.75, 3.05) is 36.4 Å². The molecule has 0 aliphatic carbocycles. The van der Waals surface area contributed by atoms with Gasteiger partial charge in [-0.2, -0.15) is 0 Å². The van der Waals surface area contributed by atoms with Crippen LogP contribution in [-0.2, 0) is 4.79 Å². The van der Waals surface area contributed by atoms with E-state index >= 15 is 0 Å². The Labute approximate surface area is 180 Å². The first kappa shape index (κ1) is 21.2. The van der Waals surface area contributed by atoms with Crippen molar-refractivity contribution in [1.82, 2.24) is 9.88 Å². The average Bonchev–Trinajstić information content (AvgIpc) is 2.80. The highest BCUT2D eigenvalue weighted by Crippen LogP contribution is 2.23. The third-order valence-corrected chi connectivity index (χ3v) is 6.01. The number of hydrogen-bond donors (Lipinski definition) is 1. The number of piperidine rings is 2. The van der Waals surface area contributed by atoms with E-state index in [1.807, 2.05) is 12.1 Å². The molecule has 0 spiro atoms. The summed E-state index contributed by atoms with van der Waals surface area (Å²) in [6.45, 7) is 2.72. The van der Waals surface area contributed by atoms with Crippen molar-refractivity contribution < 1.29 is 18.4 Å². The standard InChI is InChI=1S/C23H26F2N4O2/c24-17-4-6-19(20(25)14-17)23(31)29-12-8-16(9-13-29)22(30)27-18-5-7-21(26-15-18)28-10-2-1-3-11-28/h4-7,14-16H,1-3,8-13H2,(H,27,30). The van der Waals surface area contributed by atoms with E-state index in [0.29, 0.717) is 37.7 Å². The zero-order valence-corrected chi connectivity index (χ0v) is 17.3. The van der Waals surface area contributed by atoms with Crippen molar-refractivity contribution in [3.63, 3.8) is 0 Å². The summed E-state index contributed by atoms with van der Waals surface area (Å²) >= 11 is 0. The number of carbonyl (C=O) groups excluding carboxylic acids is 2. The average molecular weight is 428 g/mol. The molecule has 0 atom stereocenters. The molecule has 2 aromatic rings. The van der Waals surface area contributed by atoms with Crippen molar-refractivity contribution in [2.45, 2.75) is 32.1 Å². The monoisotopic (exact) mass is 428 g/mol. The zero-order chi connectivity index (χ0) is 21.8. The van der Waals surface area contributed by atoms with E-state index in [4.69, 9.17) is 0 Å². The third kappa shape index (κ3) is 5.00. The van der Waals surface area contributed by atoms with Crippen LogP contribution in [0.3, 0.4) is 0 Å². The highest BCUT2D eigenvalue weighted by Gasteiger charge is 2.29. The quantitative estimate of drug-likeness (QED) is 0.804. The molecular weight excluding hydrogens is 402 g/mol. The number of amides is 2. The number of anilines is 2. The molecule has 8 heteroatoms. The van der Waals surface area contributed by atoms with Gasteiger partial charge in [-0.05, 0) is 56.4 Å². The molecule has 2 fully saturated rings. The maximum absolute atomic E-state index is 13.9. The fourth-order valence-corrected chi connectivity index (χ4v) is 4.19. The molecule has 1 aromatic carbocycles. The Morgan fingerprint density at radius 1 is 0.968 bits per heavy atom. The number of rotatable bonds is 4. The molecule has 3 heterocycles. The Kier molecular flexibility index (Phi) is 6.44. The largest absolute Gasteiger partial charge is 0.357 e. The van der Waals surface area contributed by atoms with Gasteiger partial charge in [-0.3, -0.25) is 9.59 Å². The lowest BCUT2D eigenvalue weighted by molar-refractivity contribution is -0.121. The molecular formula is C23H26F2N4O2. The van der Waals surface area contributed by atoms with Gasteiger partial charge >= 0.3 is 0 Å². The molecule has 2 amide bonds. The highest BCUT2D eigenvalue weighted by molar-refractivity contribution is 5.95. The Bertz CT molecular complexity index is 937. The molecule has 0 radical (unpaired) electrons. The fourth-order valence-electron chi connectivity index (χ4n) is 4.19. The van der Waals surface area contributed by atoms with Crippen LogP contribution in [0.1, 0.15) is 42.5 Å². The molecule has 0 saturated carbocycles. The van der Waals surface area contributed by atoms with Crippen molar-refractivity contribution in [3.05, 3.63) is 53.7 Å². The molecule has 1 N–H and O–H groups in total. The molecule has 1 aromatic heterocycles. The number of hydrogen-bond acceptors (Lipinski definition) is 4. The van der Waals surface area contributed by atoms with E-state index in [1.165, 1.54) is 24.2 Å². The second kappa shape index (κ2) is 9.41. The summed E-state index contributed by atoms with van der Waals surface area (Å²) in [4.78, 5) is 33.4. The van der Waals surface area contributed by atoms with Gasteiger partial charge in [0.15, 0.2) is 0 Å². The van der Waals surface area contributed by atoms with E-state index in [-0.39, 0.29) is 17.4 Å². The number of nitrogens with one attached hydrogen (secondary N) is 1. The van der Waals surface area contributed by atoms with Gasteiger partial charge in [-0.15, -0.1) is 0 Å². The van der Waals surface area contributed by atoms with Gasteiger partial charge in [-0.25, -0.2) is 13.8 Å². The van der Waals surface area contributed by atoms with Crippen LogP contribution in [0.25, 0.3) is 0 Å². The fraction of sp³-hybridized carbons (Fsp3) is 0.435. The highest BCUT2D eigenvalue weighted by atomic mass is 19.1. The minimum absolute atomic E-state index is 0.104. The molecule has 31 heavy (non-hydrogen) atoms. The molecule has 4 rings (SSSR count). The van der Waals surface area contributed by atoms with Gasteiger partial charge < -0.3 is 15.1 Å². The summed E-state index contributed by atoms with van der Waals surface area (Å²) in [6, 6.07) is 6.73. The van der Waals surface area contributed by atoms with Crippen molar-refractivity contribution in [2.24, 2.45) is 5.92 Å². The molecule has 2 saturated heterocycles. The van der Waals surface area contributed by atoms with Crippen LogP contribution >= 0.6 is 0 Å². The van der Waals surface area contributed by atoms with Crippen LogP contribution in [0.2, 0.25) is 0 Å². The Balaban J connectivity index is 1.29. The van der Waals surface area contributed by atoms with Gasteiger partial charge in [0.05, 0.1) is 17.4 Å². The van der Waals surface area contributed by atoms with Crippen LogP contribution in [0.5, 0.6) is 0 Å².